The van der Waals surface area contributed by atoms with Crippen molar-refractivity contribution in [3.8, 4) is 11.1 Å². The molecule has 11 rings (SSSR count). The van der Waals surface area contributed by atoms with Crippen LogP contribution >= 0.6 is 0 Å². The molecule has 0 saturated carbocycles. The molecule has 0 amide bonds. The molecular formula is C58H44N2O2. The Morgan fingerprint density at radius 2 is 1.42 bits per heavy atom. The lowest BCUT2D eigenvalue weighted by Gasteiger charge is -2.30. The monoisotopic (exact) mass is 800 g/mol. The van der Waals surface area contributed by atoms with Crippen molar-refractivity contribution in [2.45, 2.75) is 31.4 Å². The summed E-state index contributed by atoms with van der Waals surface area (Å²) in [4.78, 5) is 7.59. The molecule has 1 aliphatic heterocycles. The van der Waals surface area contributed by atoms with Crippen LogP contribution in [-0.4, -0.2) is 12.0 Å². The van der Waals surface area contributed by atoms with Crippen LogP contribution in [0.4, 0.5) is 11.4 Å². The zero-order valence-corrected chi connectivity index (χ0v) is 34.3. The summed E-state index contributed by atoms with van der Waals surface area (Å²) >= 11 is 0. The van der Waals surface area contributed by atoms with Gasteiger partial charge in [-0.05, 0) is 124 Å². The van der Waals surface area contributed by atoms with Gasteiger partial charge in [-0.1, -0.05) is 146 Å². The lowest BCUT2D eigenvalue weighted by atomic mass is 9.87. The number of benzene rings is 6. The predicted molar refractivity (Wildman–Crippen MR) is 258 cm³/mol. The fraction of sp³-hybridized carbons (Fsp3) is 0.0862. The molecule has 2 atom stereocenters. The summed E-state index contributed by atoms with van der Waals surface area (Å²) in [6.45, 7) is 4.77. The van der Waals surface area contributed by atoms with Gasteiger partial charge in [0.2, 0.25) is 5.90 Å². The minimum absolute atomic E-state index is 0.152. The van der Waals surface area contributed by atoms with Crippen LogP contribution in [0.2, 0.25) is 0 Å². The summed E-state index contributed by atoms with van der Waals surface area (Å²) in [5, 5.41) is 2.21. The third-order valence-corrected chi connectivity index (χ3v) is 12.2. The van der Waals surface area contributed by atoms with E-state index in [0.717, 1.165) is 91.7 Å². The SMILES string of the molecule is C=C1/C=C(N(c2ccc3c(c2)oc2ccccc23)c2ccccc2C2=CC=CCC2)\C=C/C/C=C\C=C1c1ccc2c(c1)C1N=C(c3ccc(-c4ccccc4)cc3)OC1C=C2. The van der Waals surface area contributed by atoms with Crippen LogP contribution in [0.1, 0.15) is 53.1 Å². The maximum absolute atomic E-state index is 6.53. The van der Waals surface area contributed by atoms with E-state index in [1.165, 1.54) is 22.3 Å². The lowest BCUT2D eigenvalue weighted by Crippen LogP contribution is -2.18. The summed E-state index contributed by atoms with van der Waals surface area (Å²) < 4.78 is 13.0. The highest BCUT2D eigenvalue weighted by atomic mass is 16.5. The first kappa shape index (κ1) is 37.3. The van der Waals surface area contributed by atoms with Gasteiger partial charge < -0.3 is 14.1 Å². The highest BCUT2D eigenvalue weighted by molar-refractivity contribution is 6.06. The van der Waals surface area contributed by atoms with Crippen LogP contribution in [0.3, 0.4) is 0 Å². The number of ether oxygens (including phenoxy) is 1. The van der Waals surface area contributed by atoms with Crippen molar-refractivity contribution in [3.05, 3.63) is 246 Å². The second-order valence-electron chi connectivity index (χ2n) is 16.1. The highest BCUT2D eigenvalue weighted by Gasteiger charge is 2.35. The lowest BCUT2D eigenvalue weighted by molar-refractivity contribution is 0.242. The normalized spacial score (nSPS) is 20.0. The standard InChI is InChI=1S/C58H44N2O2/c1-39-36-46(60(53-24-14-12-22-49(53)42-18-8-5-9-19-42)47-33-34-51-50-23-13-15-25-54(50)61-56(51)38-47)20-10-2-3-11-21-48(39)45-31-28-43-32-35-55-57(52(43)37-45)59-58(62-55)44-29-26-41(27-30-44)40-16-6-4-7-17-40/h3-8,10-18,20-38,55,57H,1-2,9,19H2/b11-3-,20-10-,46-36+,48-21?. The molecule has 0 fully saturated rings. The average Bonchev–Trinajstić information content (AvgIpc) is 3.94. The summed E-state index contributed by atoms with van der Waals surface area (Å²) in [6.07, 6.45) is 26.8. The van der Waals surface area contributed by atoms with Gasteiger partial charge in [0.25, 0.3) is 0 Å². The number of aliphatic imine (C=N–C) groups is 1. The Kier molecular flexibility index (Phi) is 9.67. The topological polar surface area (TPSA) is 38.0 Å². The Hall–Kier alpha value is -7.69. The molecule has 1 aromatic heterocycles. The maximum atomic E-state index is 6.53. The van der Waals surface area contributed by atoms with E-state index in [9.17, 15) is 0 Å². The molecule has 6 aromatic carbocycles. The van der Waals surface area contributed by atoms with Crippen molar-refractivity contribution in [2.75, 3.05) is 4.90 Å². The van der Waals surface area contributed by atoms with Gasteiger partial charge in [0.05, 0.1) is 5.69 Å². The van der Waals surface area contributed by atoms with Crippen molar-refractivity contribution in [1.29, 1.82) is 0 Å². The van der Waals surface area contributed by atoms with Crippen LogP contribution in [0.15, 0.2) is 228 Å². The number of hydrogen-bond acceptors (Lipinski definition) is 4. The molecule has 4 aliphatic rings. The number of allylic oxidation sites excluding steroid dienone is 12. The van der Waals surface area contributed by atoms with Crippen molar-refractivity contribution in [1.82, 2.24) is 0 Å². The first-order valence-corrected chi connectivity index (χ1v) is 21.5. The Morgan fingerprint density at radius 1 is 0.645 bits per heavy atom. The smallest absolute Gasteiger partial charge is 0.217 e. The molecule has 2 heterocycles. The predicted octanol–water partition coefficient (Wildman–Crippen LogP) is 15.1. The molecule has 0 bridgehead atoms. The molecule has 3 aliphatic carbocycles. The summed E-state index contributed by atoms with van der Waals surface area (Å²) in [5.74, 6) is 0.674. The van der Waals surface area contributed by atoms with E-state index in [4.69, 9.17) is 20.7 Å². The van der Waals surface area contributed by atoms with Crippen LogP contribution in [0.25, 0.3) is 50.3 Å². The summed E-state index contributed by atoms with van der Waals surface area (Å²) in [5.41, 5.74) is 16.0. The van der Waals surface area contributed by atoms with Gasteiger partial charge in [-0.15, -0.1) is 0 Å². The van der Waals surface area contributed by atoms with E-state index in [1.807, 2.05) is 18.2 Å². The quantitative estimate of drug-likeness (QED) is 0.161. The van der Waals surface area contributed by atoms with Crippen molar-refractivity contribution in [3.63, 3.8) is 0 Å². The van der Waals surface area contributed by atoms with Crippen molar-refractivity contribution in [2.24, 2.45) is 4.99 Å². The van der Waals surface area contributed by atoms with Crippen LogP contribution in [0.5, 0.6) is 0 Å². The molecule has 4 nitrogen and oxygen atoms in total. The van der Waals surface area contributed by atoms with Crippen LogP contribution in [-0.2, 0) is 4.74 Å². The summed E-state index contributed by atoms with van der Waals surface area (Å²) in [6, 6.07) is 49.1. The Morgan fingerprint density at radius 3 is 2.31 bits per heavy atom. The van der Waals surface area contributed by atoms with Gasteiger partial charge >= 0.3 is 0 Å². The van der Waals surface area contributed by atoms with Gasteiger partial charge in [0.1, 0.15) is 23.3 Å². The summed E-state index contributed by atoms with van der Waals surface area (Å²) in [7, 11) is 0. The van der Waals surface area contributed by atoms with Crippen molar-refractivity contribution >= 4 is 56.4 Å². The van der Waals surface area contributed by atoms with Gasteiger partial charge in [0.15, 0.2) is 0 Å². The van der Waals surface area contributed by atoms with Crippen molar-refractivity contribution < 1.29 is 9.15 Å². The van der Waals surface area contributed by atoms with Gasteiger partial charge in [-0.3, -0.25) is 0 Å². The van der Waals surface area contributed by atoms with Crippen LogP contribution < -0.4 is 4.90 Å². The van der Waals surface area contributed by atoms with Gasteiger partial charge in [0, 0.05) is 39.4 Å². The minimum atomic E-state index is -0.174. The number of nitrogens with zero attached hydrogens (tertiary/aromatic N) is 2. The fourth-order valence-electron chi connectivity index (χ4n) is 9.13. The molecule has 62 heavy (non-hydrogen) atoms. The molecule has 0 N–H and O–H groups in total. The van der Waals surface area contributed by atoms with E-state index in [1.54, 1.807) is 0 Å². The third-order valence-electron chi connectivity index (χ3n) is 12.2. The van der Waals surface area contributed by atoms with E-state index < -0.39 is 0 Å². The number of fused-ring (bicyclic) bond motifs is 6. The average molecular weight is 801 g/mol. The van der Waals surface area contributed by atoms with Gasteiger partial charge in [-0.2, -0.15) is 0 Å². The third kappa shape index (κ3) is 7.00. The zero-order valence-electron chi connectivity index (χ0n) is 34.3. The molecule has 0 spiro atoms. The number of hydrogen-bond donors (Lipinski definition) is 0. The molecule has 0 radical (unpaired) electrons. The van der Waals surface area contributed by atoms with E-state index >= 15 is 0 Å². The molecule has 7 aromatic rings. The largest absolute Gasteiger partial charge is 0.467 e. The second kappa shape index (κ2) is 16.1. The number of anilines is 2. The first-order valence-electron chi connectivity index (χ1n) is 21.5. The second-order valence-corrected chi connectivity index (χ2v) is 16.1. The molecule has 2 unspecified atom stereocenters. The van der Waals surface area contributed by atoms with E-state index in [-0.39, 0.29) is 12.1 Å². The molecule has 0 saturated heterocycles. The van der Waals surface area contributed by atoms with E-state index in [0.29, 0.717) is 5.90 Å². The first-order chi connectivity index (χ1) is 30.6. The highest BCUT2D eigenvalue weighted by Crippen LogP contribution is 2.43. The number of rotatable bonds is 7. The fourth-order valence-corrected chi connectivity index (χ4v) is 9.13. The molecular weight excluding hydrogens is 757 g/mol. The minimum Gasteiger partial charge on any atom is -0.467 e. The maximum Gasteiger partial charge on any atom is 0.217 e. The number of furan rings is 1. The zero-order chi connectivity index (χ0) is 41.4. The van der Waals surface area contributed by atoms with Crippen LogP contribution in [0, 0.1) is 0 Å². The number of para-hydroxylation sites is 2. The molecule has 4 heteroatoms. The van der Waals surface area contributed by atoms with E-state index in [2.05, 4.69) is 193 Å². The Bertz CT molecular complexity index is 3150. The Balaban J connectivity index is 0.979. The van der Waals surface area contributed by atoms with Gasteiger partial charge in [-0.25, -0.2) is 4.99 Å². The molecule has 298 valence electrons. The Labute approximate surface area is 362 Å².